The maximum Gasteiger partial charge on any atom is 0.141 e. The van der Waals surface area contributed by atoms with Crippen molar-refractivity contribution in [2.75, 3.05) is 7.11 Å². The zero-order chi connectivity index (χ0) is 15.2. The summed E-state index contributed by atoms with van der Waals surface area (Å²) in [6.45, 7) is 2.37. The van der Waals surface area contributed by atoms with Crippen molar-refractivity contribution in [2.24, 2.45) is 5.73 Å². The van der Waals surface area contributed by atoms with E-state index < -0.39 is 0 Å². The number of benzene rings is 2. The Labute approximate surface area is 130 Å². The molecule has 0 saturated heterocycles. The molecule has 0 aliphatic heterocycles. The molecule has 0 bridgehead atoms. The molecule has 3 nitrogen and oxygen atoms in total. The normalized spacial score (nSPS) is 12.0. The predicted octanol–water partition coefficient (Wildman–Crippen LogP) is 3.82. The molecule has 21 heavy (non-hydrogen) atoms. The minimum atomic E-state index is 0.0529. The molecule has 0 fully saturated rings. The van der Waals surface area contributed by atoms with E-state index in [9.17, 15) is 0 Å². The Morgan fingerprint density at radius 1 is 1.10 bits per heavy atom. The Bertz CT molecular complexity index is 599. The van der Waals surface area contributed by atoms with E-state index >= 15 is 0 Å². The van der Waals surface area contributed by atoms with Gasteiger partial charge in [-0.05, 0) is 31.0 Å². The molecule has 2 N–H and O–H groups in total. The van der Waals surface area contributed by atoms with E-state index in [4.69, 9.17) is 26.8 Å². The van der Waals surface area contributed by atoms with E-state index in [0.717, 1.165) is 23.3 Å². The number of nitrogens with two attached hydrogens (primary N) is 1. The summed E-state index contributed by atoms with van der Waals surface area (Å²) >= 11 is 6.26. The van der Waals surface area contributed by atoms with E-state index in [0.29, 0.717) is 17.4 Å². The van der Waals surface area contributed by atoms with Crippen LogP contribution in [0.4, 0.5) is 0 Å². The van der Waals surface area contributed by atoms with E-state index in [1.165, 1.54) is 0 Å². The van der Waals surface area contributed by atoms with Crippen molar-refractivity contribution in [1.82, 2.24) is 0 Å². The van der Waals surface area contributed by atoms with Gasteiger partial charge in [-0.3, -0.25) is 0 Å². The van der Waals surface area contributed by atoms with Crippen molar-refractivity contribution in [3.63, 3.8) is 0 Å². The maximum absolute atomic E-state index is 6.26. The minimum Gasteiger partial charge on any atom is -0.496 e. The minimum absolute atomic E-state index is 0.0529. The Hall–Kier alpha value is -1.71. The zero-order valence-corrected chi connectivity index (χ0v) is 13.1. The first-order valence-electron chi connectivity index (χ1n) is 6.89. The van der Waals surface area contributed by atoms with Gasteiger partial charge >= 0.3 is 0 Å². The van der Waals surface area contributed by atoms with Crippen LogP contribution < -0.4 is 15.2 Å². The summed E-state index contributed by atoms with van der Waals surface area (Å²) in [7, 11) is 1.65. The van der Waals surface area contributed by atoms with Gasteiger partial charge in [0.2, 0.25) is 0 Å². The van der Waals surface area contributed by atoms with Gasteiger partial charge in [-0.25, -0.2) is 0 Å². The highest BCUT2D eigenvalue weighted by atomic mass is 35.5. The van der Waals surface area contributed by atoms with Crippen molar-refractivity contribution < 1.29 is 9.47 Å². The predicted molar refractivity (Wildman–Crippen MR) is 86.1 cm³/mol. The van der Waals surface area contributed by atoms with Gasteiger partial charge in [0.05, 0.1) is 12.1 Å². The summed E-state index contributed by atoms with van der Waals surface area (Å²) in [6.07, 6.45) is 0.724. The summed E-state index contributed by atoms with van der Waals surface area (Å²) in [5.74, 6) is 1.50. The van der Waals surface area contributed by atoms with Crippen LogP contribution in [-0.4, -0.2) is 13.2 Å². The molecule has 4 heteroatoms. The third-order valence-corrected chi connectivity index (χ3v) is 3.45. The van der Waals surface area contributed by atoms with Gasteiger partial charge in [-0.1, -0.05) is 41.9 Å². The first-order chi connectivity index (χ1) is 10.1. The van der Waals surface area contributed by atoms with Crippen LogP contribution in [0.3, 0.4) is 0 Å². The average molecular weight is 306 g/mol. The van der Waals surface area contributed by atoms with Gasteiger partial charge in [-0.15, -0.1) is 0 Å². The van der Waals surface area contributed by atoms with Gasteiger partial charge in [0.15, 0.2) is 0 Å². The lowest BCUT2D eigenvalue weighted by molar-refractivity contribution is 0.293. The summed E-state index contributed by atoms with van der Waals surface area (Å²) in [4.78, 5) is 0. The van der Waals surface area contributed by atoms with Gasteiger partial charge in [0.1, 0.15) is 18.1 Å². The Kier molecular flexibility index (Phi) is 5.48. The molecule has 0 amide bonds. The van der Waals surface area contributed by atoms with Crippen molar-refractivity contribution in [3.8, 4) is 11.5 Å². The summed E-state index contributed by atoms with van der Waals surface area (Å²) in [5.41, 5.74) is 7.88. The first kappa shape index (κ1) is 15.7. The molecule has 2 aromatic carbocycles. The van der Waals surface area contributed by atoms with Crippen LogP contribution in [0.2, 0.25) is 5.02 Å². The molecule has 1 atom stereocenters. The molecule has 0 aliphatic rings. The highest BCUT2D eigenvalue weighted by molar-refractivity contribution is 6.32. The Balaban J connectivity index is 2.19. The first-order valence-corrected chi connectivity index (χ1v) is 7.27. The maximum atomic E-state index is 6.26. The smallest absolute Gasteiger partial charge is 0.141 e. The van der Waals surface area contributed by atoms with Crippen molar-refractivity contribution in [3.05, 3.63) is 58.6 Å². The van der Waals surface area contributed by atoms with E-state index in [1.807, 2.05) is 49.4 Å². The molecule has 0 aliphatic carbocycles. The van der Waals surface area contributed by atoms with Crippen LogP contribution >= 0.6 is 11.6 Å². The Morgan fingerprint density at radius 2 is 1.81 bits per heavy atom. The fourth-order valence-electron chi connectivity index (χ4n) is 2.19. The van der Waals surface area contributed by atoms with E-state index in [-0.39, 0.29) is 6.04 Å². The molecular formula is C17H20ClNO2. The summed E-state index contributed by atoms with van der Waals surface area (Å²) in [6, 6.07) is 13.6. The number of rotatable bonds is 6. The fraction of sp³-hybridized carbons (Fsp3) is 0.294. The molecule has 0 aromatic heterocycles. The number of methoxy groups -OCH3 is 1. The molecule has 0 spiro atoms. The second kappa shape index (κ2) is 7.34. The number of hydrogen-bond acceptors (Lipinski definition) is 3. The molecule has 2 rings (SSSR count). The van der Waals surface area contributed by atoms with E-state index in [2.05, 4.69) is 0 Å². The molecule has 1 unspecified atom stereocenters. The molecular weight excluding hydrogens is 286 g/mol. The van der Waals surface area contributed by atoms with Crippen LogP contribution in [0, 0.1) is 0 Å². The monoisotopic (exact) mass is 305 g/mol. The second-order valence-corrected chi connectivity index (χ2v) is 5.42. The third kappa shape index (κ3) is 4.13. The second-order valence-electron chi connectivity index (χ2n) is 5.01. The van der Waals surface area contributed by atoms with Crippen LogP contribution in [0.5, 0.6) is 11.5 Å². The fourth-order valence-corrected chi connectivity index (χ4v) is 2.44. The highest BCUT2D eigenvalue weighted by Crippen LogP contribution is 2.31. The van der Waals surface area contributed by atoms with Crippen LogP contribution in [0.15, 0.2) is 42.5 Å². The quantitative estimate of drug-likeness (QED) is 0.882. The number of para-hydroxylation sites is 2. The van der Waals surface area contributed by atoms with Crippen LogP contribution in [0.25, 0.3) is 0 Å². The standard InChI is InChI=1S/C17H20ClNO2/c1-12(19)10-13-7-5-8-15(18)17(13)21-11-14-6-3-4-9-16(14)20-2/h3-9,12H,10-11,19H2,1-2H3. The van der Waals surface area contributed by atoms with Gasteiger partial charge in [0, 0.05) is 11.6 Å². The van der Waals surface area contributed by atoms with E-state index in [1.54, 1.807) is 7.11 Å². The van der Waals surface area contributed by atoms with Crippen molar-refractivity contribution >= 4 is 11.6 Å². The van der Waals surface area contributed by atoms with Crippen LogP contribution in [0.1, 0.15) is 18.1 Å². The number of hydrogen-bond donors (Lipinski definition) is 1. The molecule has 0 radical (unpaired) electrons. The van der Waals surface area contributed by atoms with Gasteiger partial charge in [-0.2, -0.15) is 0 Å². The molecule has 0 heterocycles. The number of ether oxygens (including phenoxy) is 2. The van der Waals surface area contributed by atoms with Crippen LogP contribution in [-0.2, 0) is 13.0 Å². The number of halogens is 1. The molecule has 0 saturated carbocycles. The SMILES string of the molecule is COc1ccccc1COc1c(Cl)cccc1CC(C)N. The lowest BCUT2D eigenvalue weighted by Gasteiger charge is -2.15. The summed E-state index contributed by atoms with van der Waals surface area (Å²) in [5, 5.41) is 0.600. The van der Waals surface area contributed by atoms with Gasteiger partial charge in [0.25, 0.3) is 0 Å². The summed E-state index contributed by atoms with van der Waals surface area (Å²) < 4.78 is 11.3. The average Bonchev–Trinajstić information content (AvgIpc) is 2.46. The van der Waals surface area contributed by atoms with Crippen molar-refractivity contribution in [1.29, 1.82) is 0 Å². The molecule has 112 valence electrons. The Morgan fingerprint density at radius 3 is 2.52 bits per heavy atom. The zero-order valence-electron chi connectivity index (χ0n) is 12.3. The lowest BCUT2D eigenvalue weighted by Crippen LogP contribution is -2.18. The van der Waals surface area contributed by atoms with Gasteiger partial charge < -0.3 is 15.2 Å². The highest BCUT2D eigenvalue weighted by Gasteiger charge is 2.11. The molecule has 2 aromatic rings. The third-order valence-electron chi connectivity index (χ3n) is 3.15. The lowest BCUT2D eigenvalue weighted by atomic mass is 10.1. The topological polar surface area (TPSA) is 44.5 Å². The van der Waals surface area contributed by atoms with Crippen molar-refractivity contribution in [2.45, 2.75) is 26.0 Å². The largest absolute Gasteiger partial charge is 0.496 e.